The van der Waals surface area contributed by atoms with Crippen molar-refractivity contribution in [1.29, 1.82) is 0 Å². The van der Waals surface area contributed by atoms with Gasteiger partial charge in [-0.3, -0.25) is 4.79 Å². The van der Waals surface area contributed by atoms with E-state index in [1.54, 1.807) is 26.0 Å². The van der Waals surface area contributed by atoms with Crippen LogP contribution in [0.4, 0.5) is 0 Å². The molecule has 0 aromatic heterocycles. The summed E-state index contributed by atoms with van der Waals surface area (Å²) in [6.07, 6.45) is 0.954. The van der Waals surface area contributed by atoms with Gasteiger partial charge >= 0.3 is 0 Å². The molecule has 2 atom stereocenters. The second kappa shape index (κ2) is 8.62. The van der Waals surface area contributed by atoms with Gasteiger partial charge in [0.2, 0.25) is 6.41 Å². The summed E-state index contributed by atoms with van der Waals surface area (Å²) in [7, 11) is 3.28. The van der Waals surface area contributed by atoms with Crippen LogP contribution in [-0.4, -0.2) is 25.5 Å². The smallest absolute Gasteiger partial charge is 0.210 e. The largest absolute Gasteiger partial charge is 0.493 e. The number of carbonyl (C=O) groups excluding carboxylic acids is 1. The first kappa shape index (κ1) is 19.4. The quantitative estimate of drug-likeness (QED) is 0.525. The molecule has 0 saturated carbocycles. The lowest BCUT2D eigenvalue weighted by Crippen LogP contribution is -2.35. The van der Waals surface area contributed by atoms with Gasteiger partial charge in [0.1, 0.15) is 0 Å². The van der Waals surface area contributed by atoms with Gasteiger partial charge in [-0.05, 0) is 41.0 Å². The highest BCUT2D eigenvalue weighted by Gasteiger charge is 2.37. The molecule has 0 aliphatic carbocycles. The lowest BCUT2D eigenvalue weighted by Gasteiger charge is -2.41. The monoisotopic (exact) mass is 405 g/mol. The lowest BCUT2D eigenvalue weighted by molar-refractivity contribution is -0.121. The molecule has 0 unspecified atom stereocenters. The van der Waals surface area contributed by atoms with Crippen LogP contribution in [0.1, 0.15) is 28.0 Å². The average molecular weight is 406 g/mol. The van der Waals surface area contributed by atoms with Crippen molar-refractivity contribution in [2.24, 2.45) is 0 Å². The first-order valence-corrected chi connectivity index (χ1v) is 10.4. The minimum Gasteiger partial charge on any atom is -0.493 e. The predicted molar refractivity (Wildman–Crippen MR) is 115 cm³/mol. The maximum Gasteiger partial charge on any atom is 0.210 e. The second-order valence-electron chi connectivity index (χ2n) is 6.89. The maximum absolute atomic E-state index is 12.1. The molecule has 4 rings (SSSR count). The van der Waals surface area contributed by atoms with Crippen LogP contribution in [0.3, 0.4) is 0 Å². The third-order valence-corrected chi connectivity index (χ3v) is 6.54. The Morgan fingerprint density at radius 3 is 2.17 bits per heavy atom. The number of carbonyl (C=O) groups is 1. The average Bonchev–Trinajstić information content (AvgIpc) is 2.79. The molecule has 3 aromatic rings. The van der Waals surface area contributed by atoms with Gasteiger partial charge in [-0.2, -0.15) is 0 Å². The van der Waals surface area contributed by atoms with Crippen LogP contribution in [-0.2, 0) is 11.3 Å². The summed E-state index contributed by atoms with van der Waals surface area (Å²) in [6, 6.07) is 24.5. The molecule has 1 aliphatic heterocycles. The lowest BCUT2D eigenvalue weighted by atomic mass is 9.89. The molecule has 1 heterocycles. The summed E-state index contributed by atoms with van der Waals surface area (Å²) < 4.78 is 11.1. The van der Waals surface area contributed by atoms with Crippen LogP contribution < -0.4 is 9.47 Å². The molecule has 148 valence electrons. The number of thioether (sulfide) groups is 1. The van der Waals surface area contributed by atoms with E-state index in [-0.39, 0.29) is 11.3 Å². The molecule has 5 heteroatoms. The third-order valence-electron chi connectivity index (χ3n) is 5.23. The summed E-state index contributed by atoms with van der Waals surface area (Å²) in [5.74, 6) is 1.38. The first-order valence-electron chi connectivity index (χ1n) is 9.47. The zero-order valence-corrected chi connectivity index (χ0v) is 17.3. The molecule has 0 fully saturated rings. The SMILES string of the molecule is COc1cc2c(cc1OC)[C@@H](Sc1ccccc1)[C@@H](c1ccccc1)N(C=O)C2. The van der Waals surface area contributed by atoms with E-state index < -0.39 is 0 Å². The van der Waals surface area contributed by atoms with Crippen LogP contribution in [0.15, 0.2) is 77.7 Å². The van der Waals surface area contributed by atoms with Crippen molar-refractivity contribution in [1.82, 2.24) is 4.90 Å². The molecule has 1 aliphatic rings. The Morgan fingerprint density at radius 1 is 0.931 bits per heavy atom. The van der Waals surface area contributed by atoms with Crippen molar-refractivity contribution in [2.75, 3.05) is 14.2 Å². The second-order valence-corrected chi connectivity index (χ2v) is 8.11. The topological polar surface area (TPSA) is 38.8 Å². The molecule has 3 aromatic carbocycles. The Morgan fingerprint density at radius 2 is 1.55 bits per heavy atom. The van der Waals surface area contributed by atoms with E-state index in [9.17, 15) is 4.79 Å². The Hall–Kier alpha value is -2.92. The molecule has 0 saturated heterocycles. The van der Waals surface area contributed by atoms with Crippen molar-refractivity contribution >= 4 is 18.2 Å². The Labute approximate surface area is 175 Å². The van der Waals surface area contributed by atoms with E-state index in [1.165, 1.54) is 5.56 Å². The molecule has 0 radical (unpaired) electrons. The van der Waals surface area contributed by atoms with Gasteiger partial charge in [-0.1, -0.05) is 48.5 Å². The highest BCUT2D eigenvalue weighted by molar-refractivity contribution is 7.99. The highest BCUT2D eigenvalue weighted by atomic mass is 32.2. The minimum atomic E-state index is -0.0792. The number of amides is 1. The van der Waals surface area contributed by atoms with Crippen LogP contribution in [0, 0.1) is 0 Å². The zero-order chi connectivity index (χ0) is 20.2. The predicted octanol–water partition coefficient (Wildman–Crippen LogP) is 5.25. The van der Waals surface area contributed by atoms with E-state index in [0.29, 0.717) is 18.0 Å². The molecule has 29 heavy (non-hydrogen) atoms. The van der Waals surface area contributed by atoms with Crippen LogP contribution in [0.5, 0.6) is 11.5 Å². The summed E-state index contributed by atoms with van der Waals surface area (Å²) in [6.45, 7) is 0.532. The van der Waals surface area contributed by atoms with Crippen molar-refractivity contribution < 1.29 is 14.3 Å². The summed E-state index contributed by atoms with van der Waals surface area (Å²) >= 11 is 1.77. The highest BCUT2D eigenvalue weighted by Crippen LogP contribution is 2.52. The van der Waals surface area contributed by atoms with Crippen molar-refractivity contribution in [3.8, 4) is 11.5 Å². The summed E-state index contributed by atoms with van der Waals surface area (Å²) in [4.78, 5) is 15.1. The van der Waals surface area contributed by atoms with E-state index in [4.69, 9.17) is 9.47 Å². The normalized spacial score (nSPS) is 18.1. The van der Waals surface area contributed by atoms with Crippen LogP contribution in [0.25, 0.3) is 0 Å². The number of benzene rings is 3. The number of nitrogens with zero attached hydrogens (tertiary/aromatic N) is 1. The standard InChI is InChI=1S/C24H23NO3S/c1-27-21-13-18-15-25(16-26)23(17-9-5-3-6-10-17)24(20(18)14-22(21)28-2)29-19-11-7-4-8-12-19/h3-14,16,23-24H,15H2,1-2H3/t23-,24-/m1/s1. The van der Waals surface area contributed by atoms with Crippen LogP contribution >= 0.6 is 11.8 Å². The van der Waals surface area contributed by atoms with Crippen LogP contribution in [0.2, 0.25) is 0 Å². The molecule has 1 amide bonds. The van der Waals surface area contributed by atoms with Gasteiger partial charge in [0.15, 0.2) is 11.5 Å². The molecule has 0 N–H and O–H groups in total. The van der Waals surface area contributed by atoms with E-state index in [2.05, 4.69) is 30.3 Å². The Balaban J connectivity index is 1.87. The Kier molecular flexibility index (Phi) is 5.76. The van der Waals surface area contributed by atoms with E-state index in [1.807, 2.05) is 47.4 Å². The summed E-state index contributed by atoms with van der Waals surface area (Å²) in [5, 5.41) is 0.0218. The minimum absolute atomic E-state index is 0.0218. The first-order chi connectivity index (χ1) is 14.2. The number of fused-ring (bicyclic) bond motifs is 1. The van der Waals surface area contributed by atoms with Gasteiger partial charge in [-0.15, -0.1) is 11.8 Å². The van der Waals surface area contributed by atoms with Gasteiger partial charge in [0.25, 0.3) is 0 Å². The number of rotatable bonds is 6. The summed E-state index contributed by atoms with van der Waals surface area (Å²) in [5.41, 5.74) is 3.37. The molecular weight excluding hydrogens is 382 g/mol. The van der Waals surface area contributed by atoms with E-state index in [0.717, 1.165) is 22.4 Å². The van der Waals surface area contributed by atoms with Crippen molar-refractivity contribution in [3.63, 3.8) is 0 Å². The van der Waals surface area contributed by atoms with Gasteiger partial charge < -0.3 is 14.4 Å². The van der Waals surface area contributed by atoms with Gasteiger partial charge in [0, 0.05) is 11.4 Å². The molecule has 0 bridgehead atoms. The van der Waals surface area contributed by atoms with E-state index >= 15 is 0 Å². The fourth-order valence-electron chi connectivity index (χ4n) is 3.87. The number of ether oxygens (including phenoxy) is 2. The number of hydrogen-bond donors (Lipinski definition) is 0. The van der Waals surface area contributed by atoms with Crippen molar-refractivity contribution in [3.05, 3.63) is 89.5 Å². The van der Waals surface area contributed by atoms with Gasteiger partial charge in [0.05, 0.1) is 25.5 Å². The van der Waals surface area contributed by atoms with Crippen molar-refractivity contribution in [2.45, 2.75) is 22.7 Å². The van der Waals surface area contributed by atoms with Gasteiger partial charge in [-0.25, -0.2) is 0 Å². The fraction of sp³-hybridized carbons (Fsp3) is 0.208. The molecule has 0 spiro atoms. The zero-order valence-electron chi connectivity index (χ0n) is 16.4. The number of methoxy groups -OCH3 is 2. The molecular formula is C24H23NO3S. The Bertz CT molecular complexity index is 978. The number of hydrogen-bond acceptors (Lipinski definition) is 4. The third kappa shape index (κ3) is 3.83. The maximum atomic E-state index is 12.1. The molecule has 4 nitrogen and oxygen atoms in total. The fourth-order valence-corrected chi connectivity index (χ4v) is 5.27.